The van der Waals surface area contributed by atoms with Gasteiger partial charge in [-0.15, -0.1) is 0 Å². The van der Waals surface area contributed by atoms with Crippen molar-refractivity contribution in [2.75, 3.05) is 25.0 Å². The molecule has 0 aliphatic carbocycles. The second-order valence-electron chi connectivity index (χ2n) is 6.79. The lowest BCUT2D eigenvalue weighted by atomic mass is 9.84. The van der Waals surface area contributed by atoms with E-state index in [1.54, 1.807) is 0 Å². The number of rotatable bonds is 8. The molecule has 0 radical (unpaired) electrons. The van der Waals surface area contributed by atoms with Crippen LogP contribution < -0.4 is 10.2 Å². The molecule has 1 atom stereocenters. The summed E-state index contributed by atoms with van der Waals surface area (Å²) in [7, 11) is 2.21. The van der Waals surface area contributed by atoms with E-state index >= 15 is 0 Å². The average molecular weight is 276 g/mol. The topological polar surface area (TPSA) is 15.3 Å². The molecule has 1 N–H and O–H groups in total. The summed E-state index contributed by atoms with van der Waals surface area (Å²) in [5.74, 6) is 0. The highest BCUT2D eigenvalue weighted by molar-refractivity contribution is 5.47. The zero-order valence-electron chi connectivity index (χ0n) is 14.2. The van der Waals surface area contributed by atoms with Crippen molar-refractivity contribution in [1.29, 1.82) is 0 Å². The van der Waals surface area contributed by atoms with Crippen LogP contribution in [0.5, 0.6) is 0 Å². The van der Waals surface area contributed by atoms with E-state index in [1.165, 1.54) is 24.1 Å². The van der Waals surface area contributed by atoms with Crippen molar-refractivity contribution in [3.8, 4) is 0 Å². The Kier molecular flexibility index (Phi) is 6.54. The molecule has 0 bridgehead atoms. The van der Waals surface area contributed by atoms with Gasteiger partial charge in [0.2, 0.25) is 0 Å². The Labute approximate surface area is 125 Å². The standard InChI is InChI=1S/C18H32N2/c1-7-11-18(5,13-19-15(2)3)14-20(6)17-10-8-9-16(4)12-17/h8-10,12,15,19H,7,11,13-14H2,1-6H3. The molecule has 114 valence electrons. The van der Waals surface area contributed by atoms with E-state index in [1.807, 2.05) is 0 Å². The summed E-state index contributed by atoms with van der Waals surface area (Å²) in [4.78, 5) is 2.39. The van der Waals surface area contributed by atoms with Gasteiger partial charge in [0.05, 0.1) is 0 Å². The van der Waals surface area contributed by atoms with Gasteiger partial charge in [-0.2, -0.15) is 0 Å². The summed E-state index contributed by atoms with van der Waals surface area (Å²) < 4.78 is 0. The maximum atomic E-state index is 3.61. The first-order valence-corrected chi connectivity index (χ1v) is 7.87. The van der Waals surface area contributed by atoms with E-state index in [2.05, 4.69) is 76.1 Å². The minimum atomic E-state index is 0.317. The van der Waals surface area contributed by atoms with Gasteiger partial charge in [-0.25, -0.2) is 0 Å². The lowest BCUT2D eigenvalue weighted by molar-refractivity contribution is 0.275. The van der Waals surface area contributed by atoms with E-state index in [0.29, 0.717) is 11.5 Å². The molecule has 1 rings (SSSR count). The van der Waals surface area contributed by atoms with Gasteiger partial charge in [-0.1, -0.05) is 46.2 Å². The number of nitrogens with one attached hydrogen (secondary N) is 1. The number of benzene rings is 1. The quantitative estimate of drug-likeness (QED) is 0.764. The lowest BCUT2D eigenvalue weighted by Gasteiger charge is -2.36. The number of anilines is 1. The van der Waals surface area contributed by atoms with Crippen LogP contribution in [0.3, 0.4) is 0 Å². The number of hydrogen-bond donors (Lipinski definition) is 1. The summed E-state index contributed by atoms with van der Waals surface area (Å²) in [6, 6.07) is 9.32. The monoisotopic (exact) mass is 276 g/mol. The molecule has 0 saturated heterocycles. The second kappa shape index (κ2) is 7.68. The van der Waals surface area contributed by atoms with Gasteiger partial charge in [-0.05, 0) is 36.5 Å². The van der Waals surface area contributed by atoms with Crippen molar-refractivity contribution in [3.63, 3.8) is 0 Å². The highest BCUT2D eigenvalue weighted by Gasteiger charge is 2.25. The lowest BCUT2D eigenvalue weighted by Crippen LogP contribution is -2.43. The first kappa shape index (κ1) is 17.0. The summed E-state index contributed by atoms with van der Waals surface area (Å²) in [5, 5.41) is 3.61. The maximum absolute atomic E-state index is 3.61. The number of hydrogen-bond acceptors (Lipinski definition) is 2. The molecule has 0 fully saturated rings. The van der Waals surface area contributed by atoms with Crippen LogP contribution in [0.25, 0.3) is 0 Å². The first-order valence-electron chi connectivity index (χ1n) is 7.87. The molecule has 0 amide bonds. The molecule has 2 heteroatoms. The normalized spacial score (nSPS) is 14.3. The predicted octanol–water partition coefficient (Wildman–Crippen LogP) is 4.24. The molecule has 2 nitrogen and oxygen atoms in total. The third-order valence-electron chi connectivity index (χ3n) is 3.85. The Morgan fingerprint density at radius 2 is 2.00 bits per heavy atom. The zero-order chi connectivity index (χ0) is 15.2. The van der Waals surface area contributed by atoms with Crippen molar-refractivity contribution >= 4 is 5.69 Å². The minimum absolute atomic E-state index is 0.317. The molecule has 0 spiro atoms. The van der Waals surface area contributed by atoms with Gasteiger partial charge in [0, 0.05) is 31.9 Å². The molecular formula is C18H32N2. The van der Waals surface area contributed by atoms with E-state index in [-0.39, 0.29) is 0 Å². The van der Waals surface area contributed by atoms with Gasteiger partial charge in [0.15, 0.2) is 0 Å². The summed E-state index contributed by atoms with van der Waals surface area (Å²) >= 11 is 0. The molecule has 0 aliphatic heterocycles. The van der Waals surface area contributed by atoms with Crippen LogP contribution >= 0.6 is 0 Å². The predicted molar refractivity (Wildman–Crippen MR) is 90.6 cm³/mol. The molecule has 0 saturated carbocycles. The van der Waals surface area contributed by atoms with Crippen molar-refractivity contribution in [2.45, 2.75) is 53.5 Å². The van der Waals surface area contributed by atoms with Crippen molar-refractivity contribution in [1.82, 2.24) is 5.32 Å². The molecule has 0 aliphatic rings. The van der Waals surface area contributed by atoms with Crippen LogP contribution in [0.4, 0.5) is 5.69 Å². The maximum Gasteiger partial charge on any atom is 0.0366 e. The highest BCUT2D eigenvalue weighted by atomic mass is 15.1. The van der Waals surface area contributed by atoms with Crippen LogP contribution in [0.1, 0.15) is 46.1 Å². The van der Waals surface area contributed by atoms with Gasteiger partial charge < -0.3 is 10.2 Å². The zero-order valence-corrected chi connectivity index (χ0v) is 14.2. The van der Waals surface area contributed by atoms with Crippen LogP contribution in [0, 0.1) is 12.3 Å². The van der Waals surface area contributed by atoms with Gasteiger partial charge >= 0.3 is 0 Å². The SMILES string of the molecule is CCCC(C)(CNC(C)C)CN(C)c1cccc(C)c1. The molecule has 0 heterocycles. The molecule has 1 aromatic carbocycles. The van der Waals surface area contributed by atoms with Crippen LogP contribution in [0.15, 0.2) is 24.3 Å². The third kappa shape index (κ3) is 5.54. The van der Waals surface area contributed by atoms with Crippen LogP contribution in [0.2, 0.25) is 0 Å². The number of aryl methyl sites for hydroxylation is 1. The molecular weight excluding hydrogens is 244 g/mol. The largest absolute Gasteiger partial charge is 0.374 e. The Balaban J connectivity index is 2.73. The molecule has 20 heavy (non-hydrogen) atoms. The summed E-state index contributed by atoms with van der Waals surface area (Å²) in [6.07, 6.45) is 2.49. The van der Waals surface area contributed by atoms with E-state index in [4.69, 9.17) is 0 Å². The van der Waals surface area contributed by atoms with Crippen LogP contribution in [-0.4, -0.2) is 26.2 Å². The fourth-order valence-electron chi connectivity index (χ4n) is 2.81. The Morgan fingerprint density at radius 3 is 2.55 bits per heavy atom. The average Bonchev–Trinajstić information content (AvgIpc) is 2.37. The minimum Gasteiger partial charge on any atom is -0.374 e. The van der Waals surface area contributed by atoms with Gasteiger partial charge in [-0.3, -0.25) is 0 Å². The highest BCUT2D eigenvalue weighted by Crippen LogP contribution is 2.26. The fraction of sp³-hybridized carbons (Fsp3) is 0.667. The van der Waals surface area contributed by atoms with E-state index < -0.39 is 0 Å². The van der Waals surface area contributed by atoms with Crippen LogP contribution in [-0.2, 0) is 0 Å². The Morgan fingerprint density at radius 1 is 1.30 bits per heavy atom. The van der Waals surface area contributed by atoms with Crippen molar-refractivity contribution in [2.24, 2.45) is 5.41 Å². The first-order chi connectivity index (χ1) is 9.36. The number of nitrogens with zero attached hydrogens (tertiary/aromatic N) is 1. The fourth-order valence-corrected chi connectivity index (χ4v) is 2.81. The van der Waals surface area contributed by atoms with Crippen molar-refractivity contribution in [3.05, 3.63) is 29.8 Å². The van der Waals surface area contributed by atoms with E-state index in [9.17, 15) is 0 Å². The molecule has 1 unspecified atom stereocenters. The summed E-state index contributed by atoms with van der Waals surface area (Å²) in [6.45, 7) is 13.4. The third-order valence-corrected chi connectivity index (χ3v) is 3.85. The Hall–Kier alpha value is -1.02. The Bertz CT molecular complexity index is 400. The van der Waals surface area contributed by atoms with Gasteiger partial charge in [0.25, 0.3) is 0 Å². The second-order valence-corrected chi connectivity index (χ2v) is 6.79. The molecule has 0 aromatic heterocycles. The molecule has 1 aromatic rings. The summed E-state index contributed by atoms with van der Waals surface area (Å²) in [5.41, 5.74) is 2.96. The van der Waals surface area contributed by atoms with E-state index in [0.717, 1.165) is 13.1 Å². The van der Waals surface area contributed by atoms with Crippen molar-refractivity contribution < 1.29 is 0 Å². The van der Waals surface area contributed by atoms with Gasteiger partial charge in [0.1, 0.15) is 0 Å². The smallest absolute Gasteiger partial charge is 0.0366 e.